The van der Waals surface area contributed by atoms with E-state index < -0.39 is 0 Å². The van der Waals surface area contributed by atoms with Crippen LogP contribution in [0, 0.1) is 0 Å². The molecule has 2 aromatic heterocycles. The van der Waals surface area contributed by atoms with E-state index in [0.29, 0.717) is 40.3 Å². The SMILES string of the molecule is COc1cc(-c2nccc(-c3cccc(-c4ccc(CN5CC6(CCC(=O)N6)C5)c(OC)n4)c3Cl)c2Cl)ccc1CN1CCC(NC(C)=O)CC1. The van der Waals surface area contributed by atoms with Crippen molar-refractivity contribution in [2.45, 2.75) is 57.3 Å². The summed E-state index contributed by atoms with van der Waals surface area (Å²) in [6.07, 6.45) is 5.08. The summed E-state index contributed by atoms with van der Waals surface area (Å²) in [5.41, 5.74) is 6.42. The van der Waals surface area contributed by atoms with E-state index in [9.17, 15) is 9.59 Å². The van der Waals surface area contributed by atoms with Crippen molar-refractivity contribution < 1.29 is 19.1 Å². The third kappa shape index (κ3) is 7.42. The molecule has 3 aliphatic heterocycles. The number of hydrogen-bond acceptors (Lipinski definition) is 8. The fraction of sp³-hybridized carbons (Fsp3) is 0.385. The molecule has 1 spiro atoms. The van der Waals surface area contributed by atoms with Crippen molar-refractivity contribution in [2.24, 2.45) is 0 Å². The van der Waals surface area contributed by atoms with Gasteiger partial charge in [-0.1, -0.05) is 59.6 Å². The maximum Gasteiger partial charge on any atom is 0.220 e. The summed E-state index contributed by atoms with van der Waals surface area (Å²) >= 11 is 14.2. The first-order chi connectivity index (χ1) is 24.6. The second-order valence-electron chi connectivity index (χ2n) is 13.8. The number of amides is 2. The first kappa shape index (κ1) is 35.2. The average Bonchev–Trinajstić information content (AvgIpc) is 3.51. The molecular weight excluding hydrogens is 687 g/mol. The predicted octanol–water partition coefficient (Wildman–Crippen LogP) is 6.37. The van der Waals surface area contributed by atoms with Gasteiger partial charge in [0.25, 0.3) is 0 Å². The molecule has 4 aromatic rings. The molecule has 0 bridgehead atoms. The highest BCUT2D eigenvalue weighted by Crippen LogP contribution is 2.42. The van der Waals surface area contributed by atoms with Crippen LogP contribution >= 0.6 is 23.2 Å². The molecule has 2 aromatic carbocycles. The van der Waals surface area contributed by atoms with Gasteiger partial charge in [0.2, 0.25) is 17.7 Å². The van der Waals surface area contributed by atoms with E-state index in [0.717, 1.165) is 91.1 Å². The molecule has 3 saturated heterocycles. The van der Waals surface area contributed by atoms with Gasteiger partial charge in [-0.25, -0.2) is 4.98 Å². The molecule has 266 valence electrons. The Morgan fingerprint density at radius 3 is 2.37 bits per heavy atom. The van der Waals surface area contributed by atoms with Crippen LogP contribution in [0.25, 0.3) is 33.6 Å². The Morgan fingerprint density at radius 2 is 1.67 bits per heavy atom. The fourth-order valence-electron chi connectivity index (χ4n) is 7.67. The number of ether oxygens (including phenoxy) is 2. The van der Waals surface area contributed by atoms with Gasteiger partial charge in [-0.05, 0) is 37.5 Å². The monoisotopic (exact) mass is 728 g/mol. The summed E-state index contributed by atoms with van der Waals surface area (Å²) in [5.74, 6) is 1.47. The molecule has 12 heteroatoms. The van der Waals surface area contributed by atoms with Gasteiger partial charge in [0.05, 0.1) is 41.2 Å². The standard InChI is InChI=1S/C39H42Cl2N6O4/c1-24(48)43-28-13-17-46(18-14-28)20-26-8-7-25(19-33(26)50-2)37-36(41)30(12-16-42-37)29-5-4-6-31(35(29)40)32-10-9-27(38(44-32)51-3)21-47-22-39(23-47)15-11-34(49)45-39/h4-10,12,16,19,28H,11,13-15,17-18,20-23H2,1-3H3,(H,43,48)(H,45,49). The van der Waals surface area contributed by atoms with Gasteiger partial charge in [0.1, 0.15) is 5.75 Å². The molecule has 0 radical (unpaired) electrons. The number of carbonyl (C=O) groups is 2. The molecule has 0 saturated carbocycles. The third-order valence-electron chi connectivity index (χ3n) is 10.2. The lowest BCUT2D eigenvalue weighted by molar-refractivity contribution is -0.121. The Balaban J connectivity index is 1.09. The van der Waals surface area contributed by atoms with Crippen molar-refractivity contribution in [1.82, 2.24) is 30.4 Å². The van der Waals surface area contributed by atoms with Crippen molar-refractivity contribution in [3.63, 3.8) is 0 Å². The summed E-state index contributed by atoms with van der Waals surface area (Å²) in [6.45, 7) is 6.45. The zero-order valence-electron chi connectivity index (χ0n) is 29.1. The van der Waals surface area contributed by atoms with Crippen molar-refractivity contribution in [3.8, 4) is 45.3 Å². The molecule has 51 heavy (non-hydrogen) atoms. The summed E-state index contributed by atoms with van der Waals surface area (Å²) in [5, 5.41) is 7.18. The van der Waals surface area contributed by atoms with E-state index in [2.05, 4.69) is 31.5 Å². The molecule has 0 atom stereocenters. The maximum absolute atomic E-state index is 11.8. The lowest BCUT2D eigenvalue weighted by Gasteiger charge is -2.48. The average molecular weight is 730 g/mol. The molecule has 0 unspecified atom stereocenters. The summed E-state index contributed by atoms with van der Waals surface area (Å²) in [6, 6.07) is 18.0. The molecule has 0 aliphatic carbocycles. The fourth-order valence-corrected chi connectivity index (χ4v) is 8.31. The Morgan fingerprint density at radius 1 is 0.941 bits per heavy atom. The van der Waals surface area contributed by atoms with E-state index in [1.807, 2.05) is 48.5 Å². The zero-order chi connectivity index (χ0) is 35.7. The van der Waals surface area contributed by atoms with Crippen LogP contribution in [0.2, 0.25) is 10.0 Å². The Hall–Kier alpha value is -4.22. The molecule has 3 fully saturated rings. The molecule has 2 N–H and O–H groups in total. The molecule has 7 rings (SSSR count). The van der Waals surface area contributed by atoms with E-state index in [1.54, 1.807) is 27.3 Å². The van der Waals surface area contributed by atoms with Gasteiger partial charge in [0.15, 0.2) is 0 Å². The predicted molar refractivity (Wildman–Crippen MR) is 199 cm³/mol. The normalized spacial score (nSPS) is 17.6. The zero-order valence-corrected chi connectivity index (χ0v) is 30.6. The van der Waals surface area contributed by atoms with Gasteiger partial charge >= 0.3 is 0 Å². The van der Waals surface area contributed by atoms with Crippen molar-refractivity contribution >= 4 is 35.0 Å². The quantitative estimate of drug-likeness (QED) is 0.194. The number of benzene rings is 2. The van der Waals surface area contributed by atoms with Crippen LogP contribution in [0.3, 0.4) is 0 Å². The number of nitrogens with one attached hydrogen (secondary N) is 2. The van der Waals surface area contributed by atoms with Crippen LogP contribution in [0.15, 0.2) is 60.8 Å². The number of piperidine rings is 1. The minimum Gasteiger partial charge on any atom is -0.496 e. The minimum atomic E-state index is -0.0795. The van der Waals surface area contributed by atoms with Crippen LogP contribution in [-0.2, 0) is 22.7 Å². The Bertz CT molecular complexity index is 1960. The number of halogens is 2. The summed E-state index contributed by atoms with van der Waals surface area (Å²) in [7, 11) is 3.30. The number of aromatic nitrogens is 2. The van der Waals surface area contributed by atoms with Crippen molar-refractivity contribution in [3.05, 3.63) is 82.0 Å². The number of nitrogens with zero attached hydrogens (tertiary/aromatic N) is 4. The third-order valence-corrected chi connectivity index (χ3v) is 11.0. The number of hydrogen-bond donors (Lipinski definition) is 2. The van der Waals surface area contributed by atoms with Gasteiger partial charge in [-0.3, -0.25) is 24.4 Å². The van der Waals surface area contributed by atoms with E-state index in [-0.39, 0.29) is 23.4 Å². The van der Waals surface area contributed by atoms with Crippen LogP contribution in [-0.4, -0.2) is 83.6 Å². The lowest BCUT2D eigenvalue weighted by Crippen LogP contribution is -2.66. The number of carbonyl (C=O) groups excluding carboxylic acids is 2. The second-order valence-corrected chi connectivity index (χ2v) is 14.6. The van der Waals surface area contributed by atoms with Gasteiger partial charge in [-0.2, -0.15) is 0 Å². The number of pyridine rings is 2. The van der Waals surface area contributed by atoms with Crippen molar-refractivity contribution in [2.75, 3.05) is 40.4 Å². The molecule has 5 heterocycles. The summed E-state index contributed by atoms with van der Waals surface area (Å²) in [4.78, 5) is 37.4. The van der Waals surface area contributed by atoms with Gasteiger partial charge in [-0.15, -0.1) is 0 Å². The smallest absolute Gasteiger partial charge is 0.220 e. The van der Waals surface area contributed by atoms with E-state index in [1.165, 1.54) is 0 Å². The number of methoxy groups -OCH3 is 2. The molecular formula is C39H42Cl2N6O4. The first-order valence-electron chi connectivity index (χ1n) is 17.3. The molecule has 2 amide bonds. The van der Waals surface area contributed by atoms with E-state index in [4.69, 9.17) is 37.7 Å². The topological polar surface area (TPSA) is 109 Å². The largest absolute Gasteiger partial charge is 0.496 e. The minimum absolute atomic E-state index is 0.0228. The highest BCUT2D eigenvalue weighted by molar-refractivity contribution is 6.39. The number of likely N-dealkylation sites (tertiary alicyclic amines) is 2. The van der Waals surface area contributed by atoms with Crippen LogP contribution < -0.4 is 20.1 Å². The van der Waals surface area contributed by atoms with Crippen molar-refractivity contribution in [1.29, 1.82) is 0 Å². The lowest BCUT2D eigenvalue weighted by atomic mass is 9.88. The van der Waals surface area contributed by atoms with Crippen LogP contribution in [0.5, 0.6) is 11.6 Å². The Labute approximate surface area is 308 Å². The summed E-state index contributed by atoms with van der Waals surface area (Å²) < 4.78 is 11.6. The highest BCUT2D eigenvalue weighted by atomic mass is 35.5. The van der Waals surface area contributed by atoms with Crippen LogP contribution in [0.1, 0.15) is 43.7 Å². The number of rotatable bonds is 10. The van der Waals surface area contributed by atoms with Gasteiger partial charge < -0.3 is 20.1 Å². The highest BCUT2D eigenvalue weighted by Gasteiger charge is 2.47. The molecule has 3 aliphatic rings. The van der Waals surface area contributed by atoms with E-state index >= 15 is 0 Å². The van der Waals surface area contributed by atoms with Gasteiger partial charge in [0, 0.05) is 98.2 Å². The second kappa shape index (κ2) is 14.8. The Kier molecular flexibility index (Phi) is 10.2. The molecule has 10 nitrogen and oxygen atoms in total. The maximum atomic E-state index is 11.8. The first-order valence-corrected chi connectivity index (χ1v) is 18.1. The van der Waals surface area contributed by atoms with Crippen LogP contribution in [0.4, 0.5) is 0 Å².